The minimum Gasteiger partial charge on any atom is -0.273 e. The van der Waals surface area contributed by atoms with Gasteiger partial charge in [-0.15, -0.1) is 0 Å². The van der Waals surface area contributed by atoms with Crippen LogP contribution in [-0.4, -0.2) is 12.1 Å². The van der Waals surface area contributed by atoms with E-state index in [2.05, 4.69) is 17.5 Å². The zero-order valence-electron chi connectivity index (χ0n) is 16.7. The Morgan fingerprint density at radius 2 is 1.31 bits per heavy atom. The molecule has 26 heavy (non-hydrogen) atoms. The van der Waals surface area contributed by atoms with Crippen LogP contribution in [-0.2, 0) is 4.79 Å². The van der Waals surface area contributed by atoms with Crippen LogP contribution in [0.4, 0.5) is 0 Å². The SMILES string of the molecule is CCCCCCCCCCCCCCCC(=O)N/N=C\c1ccccc1. The summed E-state index contributed by atoms with van der Waals surface area (Å²) >= 11 is 0. The molecule has 3 heteroatoms. The molecule has 0 saturated carbocycles. The van der Waals surface area contributed by atoms with E-state index in [0.29, 0.717) is 6.42 Å². The molecule has 0 spiro atoms. The van der Waals surface area contributed by atoms with Crippen molar-refractivity contribution in [3.05, 3.63) is 35.9 Å². The number of hydrogen-bond acceptors (Lipinski definition) is 2. The molecular weight excluding hydrogens is 320 g/mol. The molecule has 0 heterocycles. The van der Waals surface area contributed by atoms with Crippen molar-refractivity contribution in [2.45, 2.75) is 96.8 Å². The summed E-state index contributed by atoms with van der Waals surface area (Å²) in [6, 6.07) is 9.79. The number of rotatable bonds is 16. The zero-order chi connectivity index (χ0) is 18.7. The number of nitrogens with zero attached hydrogens (tertiary/aromatic N) is 1. The van der Waals surface area contributed by atoms with Crippen LogP contribution in [0.2, 0.25) is 0 Å². The molecule has 0 unspecified atom stereocenters. The molecule has 0 aliphatic carbocycles. The third kappa shape index (κ3) is 13.6. The highest BCUT2D eigenvalue weighted by Crippen LogP contribution is 2.12. The molecule has 0 aliphatic heterocycles. The van der Waals surface area contributed by atoms with E-state index in [1.807, 2.05) is 30.3 Å². The predicted molar refractivity (Wildman–Crippen MR) is 112 cm³/mol. The smallest absolute Gasteiger partial charge is 0.240 e. The summed E-state index contributed by atoms with van der Waals surface area (Å²) in [6.45, 7) is 2.27. The maximum Gasteiger partial charge on any atom is 0.240 e. The van der Waals surface area contributed by atoms with Crippen LogP contribution in [0.5, 0.6) is 0 Å². The van der Waals surface area contributed by atoms with Crippen molar-refractivity contribution in [3.8, 4) is 0 Å². The van der Waals surface area contributed by atoms with Crippen LogP contribution in [0.15, 0.2) is 35.4 Å². The van der Waals surface area contributed by atoms with Gasteiger partial charge in [0.15, 0.2) is 0 Å². The summed E-state index contributed by atoms with van der Waals surface area (Å²) < 4.78 is 0. The van der Waals surface area contributed by atoms with Crippen molar-refractivity contribution >= 4 is 12.1 Å². The van der Waals surface area contributed by atoms with E-state index in [-0.39, 0.29) is 5.91 Å². The maximum atomic E-state index is 11.7. The molecule has 1 aromatic carbocycles. The highest BCUT2D eigenvalue weighted by atomic mass is 16.2. The van der Waals surface area contributed by atoms with Gasteiger partial charge in [-0.1, -0.05) is 114 Å². The summed E-state index contributed by atoms with van der Waals surface area (Å²) in [4.78, 5) is 11.7. The van der Waals surface area contributed by atoms with Gasteiger partial charge in [-0.2, -0.15) is 5.10 Å². The first-order chi connectivity index (χ1) is 12.8. The minimum absolute atomic E-state index is 0.0141. The monoisotopic (exact) mass is 358 g/mol. The number of nitrogens with one attached hydrogen (secondary N) is 1. The first-order valence-electron chi connectivity index (χ1n) is 10.7. The van der Waals surface area contributed by atoms with Crippen LogP contribution < -0.4 is 5.43 Å². The Morgan fingerprint density at radius 3 is 1.85 bits per heavy atom. The van der Waals surface area contributed by atoms with Crippen LogP contribution in [0, 0.1) is 0 Å². The average molecular weight is 359 g/mol. The minimum atomic E-state index is 0.0141. The molecule has 0 saturated heterocycles. The molecule has 1 rings (SSSR count). The van der Waals surface area contributed by atoms with Crippen molar-refractivity contribution in [3.63, 3.8) is 0 Å². The number of carbonyl (C=O) groups is 1. The molecule has 0 bridgehead atoms. The third-order valence-electron chi connectivity index (χ3n) is 4.71. The molecule has 1 aromatic rings. The van der Waals surface area contributed by atoms with E-state index < -0.39 is 0 Å². The molecule has 0 aliphatic rings. The Hall–Kier alpha value is -1.64. The van der Waals surface area contributed by atoms with Crippen molar-refractivity contribution in [1.29, 1.82) is 0 Å². The van der Waals surface area contributed by atoms with E-state index in [1.54, 1.807) is 6.21 Å². The van der Waals surface area contributed by atoms with Crippen LogP contribution >= 0.6 is 0 Å². The van der Waals surface area contributed by atoms with Gasteiger partial charge in [0, 0.05) is 6.42 Å². The Balaban J connectivity index is 1.84. The quantitative estimate of drug-likeness (QED) is 0.201. The van der Waals surface area contributed by atoms with E-state index in [1.165, 1.54) is 70.6 Å². The summed E-state index contributed by atoms with van der Waals surface area (Å²) in [5, 5.41) is 4.00. The van der Waals surface area contributed by atoms with Crippen LogP contribution in [0.25, 0.3) is 0 Å². The first-order valence-corrected chi connectivity index (χ1v) is 10.7. The second-order valence-electron chi connectivity index (χ2n) is 7.20. The van der Waals surface area contributed by atoms with Crippen LogP contribution in [0.3, 0.4) is 0 Å². The number of hydrogen-bond donors (Lipinski definition) is 1. The molecule has 1 amide bonds. The van der Waals surface area contributed by atoms with Crippen molar-refractivity contribution in [1.82, 2.24) is 5.43 Å². The van der Waals surface area contributed by atoms with Crippen molar-refractivity contribution in [2.75, 3.05) is 0 Å². The lowest BCUT2D eigenvalue weighted by molar-refractivity contribution is -0.121. The molecule has 146 valence electrons. The fourth-order valence-electron chi connectivity index (χ4n) is 3.08. The molecule has 3 nitrogen and oxygen atoms in total. The summed E-state index contributed by atoms with van der Waals surface area (Å²) in [6.07, 6.45) is 19.4. The fourth-order valence-corrected chi connectivity index (χ4v) is 3.08. The predicted octanol–water partition coefficient (Wildman–Crippen LogP) is 6.62. The number of benzene rings is 1. The molecule has 0 fully saturated rings. The second kappa shape index (κ2) is 16.8. The van der Waals surface area contributed by atoms with Gasteiger partial charge in [0.1, 0.15) is 0 Å². The van der Waals surface area contributed by atoms with Gasteiger partial charge < -0.3 is 0 Å². The lowest BCUT2D eigenvalue weighted by Crippen LogP contribution is -2.16. The number of unbranched alkanes of at least 4 members (excludes halogenated alkanes) is 12. The topological polar surface area (TPSA) is 41.5 Å². The standard InChI is InChI=1S/C23H38N2O/c1-2-3-4-5-6-7-8-9-10-11-12-13-17-20-23(26)25-24-21-22-18-15-14-16-19-22/h14-16,18-19,21H,2-13,17,20H2,1H3,(H,25,26)/b24-21-. The molecule has 1 N–H and O–H groups in total. The normalized spacial score (nSPS) is 11.1. The van der Waals surface area contributed by atoms with Gasteiger partial charge in [0.25, 0.3) is 0 Å². The van der Waals surface area contributed by atoms with Crippen molar-refractivity contribution in [2.24, 2.45) is 5.10 Å². The second-order valence-corrected chi connectivity index (χ2v) is 7.20. The van der Waals surface area contributed by atoms with E-state index >= 15 is 0 Å². The molecule has 0 atom stereocenters. The maximum absolute atomic E-state index is 11.7. The summed E-state index contributed by atoms with van der Waals surface area (Å²) in [5.41, 5.74) is 3.60. The number of hydrazone groups is 1. The summed E-state index contributed by atoms with van der Waals surface area (Å²) in [7, 11) is 0. The zero-order valence-corrected chi connectivity index (χ0v) is 16.7. The molecule has 0 aromatic heterocycles. The summed E-state index contributed by atoms with van der Waals surface area (Å²) in [5.74, 6) is 0.0141. The Morgan fingerprint density at radius 1 is 0.808 bits per heavy atom. The van der Waals surface area contributed by atoms with E-state index in [4.69, 9.17) is 0 Å². The highest BCUT2D eigenvalue weighted by Gasteiger charge is 1.99. The first kappa shape index (κ1) is 22.4. The highest BCUT2D eigenvalue weighted by molar-refractivity contribution is 5.82. The van der Waals surface area contributed by atoms with Crippen LogP contribution in [0.1, 0.15) is 102 Å². The van der Waals surface area contributed by atoms with Gasteiger partial charge >= 0.3 is 0 Å². The van der Waals surface area contributed by atoms with Gasteiger partial charge in [-0.3, -0.25) is 4.79 Å². The average Bonchev–Trinajstić information content (AvgIpc) is 2.66. The van der Waals surface area contributed by atoms with E-state index in [9.17, 15) is 4.79 Å². The third-order valence-corrected chi connectivity index (χ3v) is 4.71. The fraction of sp³-hybridized carbons (Fsp3) is 0.652. The van der Waals surface area contributed by atoms with Gasteiger partial charge in [0.05, 0.1) is 6.21 Å². The lowest BCUT2D eigenvalue weighted by atomic mass is 10.0. The number of carbonyl (C=O) groups excluding carboxylic acids is 1. The lowest BCUT2D eigenvalue weighted by Gasteiger charge is -2.03. The molecular formula is C23H38N2O. The van der Waals surface area contributed by atoms with Crippen molar-refractivity contribution < 1.29 is 4.79 Å². The van der Waals surface area contributed by atoms with Gasteiger partial charge in [0.2, 0.25) is 5.91 Å². The Kier molecular flexibility index (Phi) is 14.5. The number of amides is 1. The van der Waals surface area contributed by atoms with Gasteiger partial charge in [-0.05, 0) is 12.0 Å². The Labute approximate surface area is 160 Å². The molecule has 0 radical (unpaired) electrons. The Bertz CT molecular complexity index is 470. The van der Waals surface area contributed by atoms with E-state index in [0.717, 1.165) is 18.4 Å². The van der Waals surface area contributed by atoms with Gasteiger partial charge in [-0.25, -0.2) is 5.43 Å². The largest absolute Gasteiger partial charge is 0.273 e.